The number of H-pyrrole nitrogens is 1. The van der Waals surface area contributed by atoms with Crippen LogP contribution >= 0.6 is 0 Å². The molecule has 0 radical (unpaired) electrons. The molecule has 66 valence electrons. The number of rotatable bonds is 1. The van der Waals surface area contributed by atoms with E-state index in [1.165, 1.54) is 5.56 Å². The Kier molecular flexibility index (Phi) is 1.89. The molecule has 0 unspecified atom stereocenters. The molecule has 1 N–H and O–H groups in total. The molecule has 13 heavy (non-hydrogen) atoms. The van der Waals surface area contributed by atoms with Gasteiger partial charge in [0.2, 0.25) is 0 Å². The molecule has 0 aliphatic carbocycles. The molecule has 0 aliphatic rings. The largest absolute Gasteiger partial charge is 0.338 e. The summed E-state index contributed by atoms with van der Waals surface area (Å²) in [4.78, 5) is 7.70. The van der Waals surface area contributed by atoms with Crippen LogP contribution in [0.2, 0.25) is 0 Å². The average molecular weight is 172 g/mol. The van der Waals surface area contributed by atoms with E-state index in [1.54, 1.807) is 0 Å². The van der Waals surface area contributed by atoms with Gasteiger partial charge in [-0.2, -0.15) is 0 Å². The number of allylic oxidation sites excluding steroid dienone is 1. The monoisotopic (exact) mass is 172 g/mol. The normalized spacial score (nSPS) is 11.5. The zero-order chi connectivity index (χ0) is 9.26. The van der Waals surface area contributed by atoms with E-state index in [0.29, 0.717) is 0 Å². The Balaban J connectivity index is 2.68. The Labute approximate surface area is 77.3 Å². The topological polar surface area (TPSA) is 28.7 Å². The van der Waals surface area contributed by atoms with Gasteiger partial charge in [0, 0.05) is 0 Å². The van der Waals surface area contributed by atoms with Crippen LogP contribution in [0.25, 0.3) is 17.1 Å². The van der Waals surface area contributed by atoms with Crippen LogP contribution in [0.1, 0.15) is 18.3 Å². The van der Waals surface area contributed by atoms with Gasteiger partial charge in [0.25, 0.3) is 0 Å². The molecule has 0 amide bonds. The molecule has 0 fully saturated rings. The molecule has 2 nitrogen and oxygen atoms in total. The van der Waals surface area contributed by atoms with Gasteiger partial charge in [0.1, 0.15) is 5.82 Å². The summed E-state index contributed by atoms with van der Waals surface area (Å²) in [6, 6.07) is 6.15. The second-order valence-corrected chi connectivity index (χ2v) is 3.09. The Morgan fingerprint density at radius 1 is 1.38 bits per heavy atom. The van der Waals surface area contributed by atoms with E-state index in [-0.39, 0.29) is 0 Å². The fourth-order valence-electron chi connectivity index (χ4n) is 1.43. The second kappa shape index (κ2) is 3.05. The van der Waals surface area contributed by atoms with Gasteiger partial charge in [0.05, 0.1) is 11.0 Å². The number of aromatic amines is 1. The van der Waals surface area contributed by atoms with Gasteiger partial charge >= 0.3 is 0 Å². The number of benzene rings is 1. The van der Waals surface area contributed by atoms with Crippen molar-refractivity contribution in [2.75, 3.05) is 0 Å². The van der Waals surface area contributed by atoms with E-state index in [9.17, 15) is 0 Å². The number of aromatic nitrogens is 2. The molecule has 2 heteroatoms. The first kappa shape index (κ1) is 8.05. The number of hydrogen-bond acceptors (Lipinski definition) is 1. The minimum absolute atomic E-state index is 0.923. The molecule has 0 atom stereocenters. The van der Waals surface area contributed by atoms with Crippen molar-refractivity contribution in [3.63, 3.8) is 0 Å². The van der Waals surface area contributed by atoms with E-state index < -0.39 is 0 Å². The highest BCUT2D eigenvalue weighted by atomic mass is 14.9. The Morgan fingerprint density at radius 2 is 2.23 bits per heavy atom. The third-order valence-corrected chi connectivity index (χ3v) is 2.06. The first-order valence-electron chi connectivity index (χ1n) is 4.39. The summed E-state index contributed by atoms with van der Waals surface area (Å²) in [5, 5.41) is 0. The van der Waals surface area contributed by atoms with Crippen LogP contribution in [0.3, 0.4) is 0 Å². The molecule has 0 bridgehead atoms. The average Bonchev–Trinajstić information content (AvgIpc) is 2.49. The summed E-state index contributed by atoms with van der Waals surface area (Å²) in [6.45, 7) is 4.06. The van der Waals surface area contributed by atoms with E-state index in [0.717, 1.165) is 16.9 Å². The van der Waals surface area contributed by atoms with Gasteiger partial charge in [-0.25, -0.2) is 4.98 Å². The summed E-state index contributed by atoms with van der Waals surface area (Å²) in [5.41, 5.74) is 3.38. The van der Waals surface area contributed by atoms with Crippen molar-refractivity contribution in [2.24, 2.45) is 0 Å². The molecule has 0 saturated carbocycles. The summed E-state index contributed by atoms with van der Waals surface area (Å²) in [6.07, 6.45) is 3.95. The molecular weight excluding hydrogens is 160 g/mol. The lowest BCUT2D eigenvalue weighted by molar-refractivity contribution is 1.28. The van der Waals surface area contributed by atoms with Crippen LogP contribution in [-0.4, -0.2) is 9.97 Å². The van der Waals surface area contributed by atoms with Crippen LogP contribution in [0.5, 0.6) is 0 Å². The highest BCUT2D eigenvalue weighted by Gasteiger charge is 2.00. The van der Waals surface area contributed by atoms with Gasteiger partial charge in [0.15, 0.2) is 0 Å². The number of nitrogens with one attached hydrogen (secondary N) is 1. The summed E-state index contributed by atoms with van der Waals surface area (Å²) in [7, 11) is 0. The number of hydrogen-bond donors (Lipinski definition) is 1. The van der Waals surface area contributed by atoms with E-state index in [1.807, 2.05) is 31.2 Å². The van der Waals surface area contributed by atoms with Crippen LogP contribution < -0.4 is 0 Å². The molecule has 1 aromatic heterocycles. The van der Waals surface area contributed by atoms with Crippen molar-refractivity contribution >= 4 is 17.1 Å². The molecule has 0 aliphatic heterocycles. The fourth-order valence-corrected chi connectivity index (χ4v) is 1.43. The maximum atomic E-state index is 4.46. The van der Waals surface area contributed by atoms with Gasteiger partial charge in [-0.05, 0) is 31.6 Å². The number of fused-ring (bicyclic) bond motifs is 1. The zero-order valence-electron chi connectivity index (χ0n) is 7.83. The lowest BCUT2D eigenvalue weighted by Crippen LogP contribution is -1.74. The van der Waals surface area contributed by atoms with Gasteiger partial charge < -0.3 is 4.98 Å². The molecule has 0 spiro atoms. The molecule has 0 saturated heterocycles. The third-order valence-electron chi connectivity index (χ3n) is 2.06. The lowest BCUT2D eigenvalue weighted by atomic mass is 10.2. The Morgan fingerprint density at radius 3 is 2.92 bits per heavy atom. The molecular formula is C11H12N2. The lowest BCUT2D eigenvalue weighted by Gasteiger charge is -1.90. The molecule has 1 heterocycles. The summed E-state index contributed by atoms with van der Waals surface area (Å²) in [5.74, 6) is 0.923. The van der Waals surface area contributed by atoms with Crippen molar-refractivity contribution in [3.8, 4) is 0 Å². The van der Waals surface area contributed by atoms with Crippen molar-refractivity contribution in [1.29, 1.82) is 0 Å². The second-order valence-electron chi connectivity index (χ2n) is 3.09. The minimum Gasteiger partial charge on any atom is -0.338 e. The molecule has 2 rings (SSSR count). The maximum Gasteiger partial charge on any atom is 0.130 e. The zero-order valence-corrected chi connectivity index (χ0v) is 7.83. The third kappa shape index (κ3) is 1.35. The van der Waals surface area contributed by atoms with Gasteiger partial charge in [-0.15, -0.1) is 0 Å². The summed E-state index contributed by atoms with van der Waals surface area (Å²) < 4.78 is 0. The standard InChI is InChI=1S/C11H12N2/c1-3-5-10-12-9-7-4-6-8(2)11(9)13-10/h3-7H,1-2H3,(H,12,13). The molecule has 2 aromatic rings. The van der Waals surface area contributed by atoms with Crippen molar-refractivity contribution in [3.05, 3.63) is 35.7 Å². The van der Waals surface area contributed by atoms with Crippen LogP contribution in [0.15, 0.2) is 24.3 Å². The quantitative estimate of drug-likeness (QED) is 0.704. The van der Waals surface area contributed by atoms with Crippen molar-refractivity contribution in [1.82, 2.24) is 9.97 Å². The first-order valence-corrected chi connectivity index (χ1v) is 4.39. The number of imidazole rings is 1. The maximum absolute atomic E-state index is 4.46. The predicted octanol–water partition coefficient (Wildman–Crippen LogP) is 2.90. The number of para-hydroxylation sites is 1. The van der Waals surface area contributed by atoms with Crippen LogP contribution in [-0.2, 0) is 0 Å². The van der Waals surface area contributed by atoms with Gasteiger partial charge in [-0.1, -0.05) is 18.2 Å². The van der Waals surface area contributed by atoms with Crippen molar-refractivity contribution < 1.29 is 0 Å². The van der Waals surface area contributed by atoms with E-state index >= 15 is 0 Å². The predicted molar refractivity (Wildman–Crippen MR) is 55.5 cm³/mol. The number of aryl methyl sites for hydroxylation is 1. The van der Waals surface area contributed by atoms with Gasteiger partial charge in [-0.3, -0.25) is 0 Å². The van der Waals surface area contributed by atoms with Crippen molar-refractivity contribution in [2.45, 2.75) is 13.8 Å². The van der Waals surface area contributed by atoms with Crippen LogP contribution in [0, 0.1) is 6.92 Å². The van der Waals surface area contributed by atoms with E-state index in [4.69, 9.17) is 0 Å². The smallest absolute Gasteiger partial charge is 0.130 e. The highest BCUT2D eigenvalue weighted by Crippen LogP contribution is 2.15. The van der Waals surface area contributed by atoms with Crippen LogP contribution in [0.4, 0.5) is 0 Å². The molecule has 1 aromatic carbocycles. The Bertz CT molecular complexity index is 452. The number of nitrogens with zero attached hydrogens (tertiary/aromatic N) is 1. The fraction of sp³-hybridized carbons (Fsp3) is 0.182. The SMILES string of the molecule is CC=Cc1nc2c(C)cccc2[nH]1. The highest BCUT2D eigenvalue weighted by molar-refractivity contribution is 5.79. The first-order chi connectivity index (χ1) is 6.31. The Hall–Kier alpha value is -1.57. The van der Waals surface area contributed by atoms with E-state index in [2.05, 4.69) is 23.0 Å². The minimum atomic E-state index is 0.923. The summed E-state index contributed by atoms with van der Waals surface area (Å²) >= 11 is 0.